The maximum absolute atomic E-state index is 13.3. The molecule has 34 heavy (non-hydrogen) atoms. The number of nitrogens with one attached hydrogen (secondary N) is 1. The van der Waals surface area contributed by atoms with Crippen molar-refractivity contribution in [3.63, 3.8) is 0 Å². The number of aliphatic carboxylic acids is 1. The quantitative estimate of drug-likeness (QED) is 0.651. The van der Waals surface area contributed by atoms with Crippen LogP contribution in [0.3, 0.4) is 0 Å². The number of ether oxygens (including phenoxy) is 1. The summed E-state index contributed by atoms with van der Waals surface area (Å²) >= 11 is 0. The van der Waals surface area contributed by atoms with Gasteiger partial charge in [-0.15, -0.1) is 0 Å². The van der Waals surface area contributed by atoms with Gasteiger partial charge in [0, 0.05) is 18.5 Å². The Balaban J connectivity index is 1.26. The zero-order valence-corrected chi connectivity index (χ0v) is 19.4. The van der Waals surface area contributed by atoms with E-state index in [4.69, 9.17) is 4.74 Å². The Morgan fingerprint density at radius 2 is 1.71 bits per heavy atom. The Bertz CT molecular complexity index is 1090. The van der Waals surface area contributed by atoms with E-state index in [1.165, 1.54) is 0 Å². The van der Waals surface area contributed by atoms with Gasteiger partial charge in [0.1, 0.15) is 12.6 Å². The molecule has 1 saturated carbocycles. The standard InChI is InChI=1S/C27H30N2O5/c1-3-15(2)24(25(30)29-13-16-12-22(29)23(16)26(31)32)28-27(33)34-14-21-19-10-6-4-8-17(19)18-9-5-7-11-20(18)21/h4-11,15-16,21-24H,3,12-14H2,1-2H3,(H,28,33)(H,31,32)/t15-,16?,22?,23?,24-/m0/s1. The topological polar surface area (TPSA) is 95.9 Å². The second kappa shape index (κ2) is 8.78. The molecule has 0 spiro atoms. The van der Waals surface area contributed by atoms with E-state index in [0.717, 1.165) is 28.7 Å². The number of rotatable bonds is 7. The second-order valence-electron chi connectivity index (χ2n) is 9.75. The van der Waals surface area contributed by atoms with Gasteiger partial charge in [-0.05, 0) is 40.5 Å². The Labute approximate surface area is 199 Å². The van der Waals surface area contributed by atoms with Crippen molar-refractivity contribution in [1.29, 1.82) is 0 Å². The molecule has 3 unspecified atom stereocenters. The summed E-state index contributed by atoms with van der Waals surface area (Å²) in [5, 5.41) is 12.2. The average Bonchev–Trinajstić information content (AvgIpc) is 3.51. The summed E-state index contributed by atoms with van der Waals surface area (Å²) in [7, 11) is 0. The fraction of sp³-hybridized carbons (Fsp3) is 0.444. The number of fused-ring (bicyclic) bond motifs is 4. The van der Waals surface area contributed by atoms with Crippen LogP contribution in [-0.2, 0) is 14.3 Å². The molecule has 4 aliphatic rings. The van der Waals surface area contributed by atoms with Crippen molar-refractivity contribution in [2.24, 2.45) is 17.8 Å². The molecule has 2 aromatic carbocycles. The monoisotopic (exact) mass is 462 g/mol. The van der Waals surface area contributed by atoms with E-state index < -0.39 is 24.0 Å². The van der Waals surface area contributed by atoms with Gasteiger partial charge in [-0.1, -0.05) is 68.8 Å². The predicted molar refractivity (Wildman–Crippen MR) is 126 cm³/mol. The van der Waals surface area contributed by atoms with Gasteiger partial charge >= 0.3 is 12.1 Å². The van der Waals surface area contributed by atoms with Crippen LogP contribution in [0, 0.1) is 17.8 Å². The molecule has 7 nitrogen and oxygen atoms in total. The first-order valence-electron chi connectivity index (χ1n) is 12.1. The number of amides is 2. The number of carbonyl (C=O) groups is 3. The van der Waals surface area contributed by atoms with Gasteiger partial charge in [-0.25, -0.2) is 4.79 Å². The van der Waals surface area contributed by atoms with Crippen molar-refractivity contribution in [2.45, 2.75) is 44.7 Å². The molecule has 0 aromatic heterocycles. The summed E-state index contributed by atoms with van der Waals surface area (Å²) in [5.74, 6) is -1.69. The zero-order valence-electron chi connectivity index (χ0n) is 19.4. The summed E-state index contributed by atoms with van der Waals surface area (Å²) in [5.41, 5.74) is 4.56. The number of alkyl carbamates (subject to hydrolysis) is 1. The lowest BCUT2D eigenvalue weighted by Crippen LogP contribution is -2.54. The number of nitrogens with zero attached hydrogens (tertiary/aromatic N) is 1. The van der Waals surface area contributed by atoms with Crippen molar-refractivity contribution in [3.05, 3.63) is 59.7 Å². The Morgan fingerprint density at radius 3 is 2.26 bits per heavy atom. The van der Waals surface area contributed by atoms with Crippen LogP contribution in [0.1, 0.15) is 43.7 Å². The Hall–Kier alpha value is -3.35. The lowest BCUT2D eigenvalue weighted by molar-refractivity contribution is -0.148. The minimum Gasteiger partial charge on any atom is -0.481 e. The van der Waals surface area contributed by atoms with Crippen LogP contribution in [0.2, 0.25) is 0 Å². The lowest BCUT2D eigenvalue weighted by atomic mass is 9.74. The molecule has 3 fully saturated rings. The molecule has 0 radical (unpaired) electrons. The van der Waals surface area contributed by atoms with E-state index in [-0.39, 0.29) is 36.3 Å². The summed E-state index contributed by atoms with van der Waals surface area (Å²) in [6.07, 6.45) is 0.799. The smallest absolute Gasteiger partial charge is 0.407 e. The first-order chi connectivity index (χ1) is 16.4. The molecular formula is C27H30N2O5. The van der Waals surface area contributed by atoms with Crippen LogP contribution in [0.25, 0.3) is 11.1 Å². The second-order valence-corrected chi connectivity index (χ2v) is 9.75. The lowest BCUT2D eigenvalue weighted by Gasteiger charge is -2.35. The van der Waals surface area contributed by atoms with Crippen molar-refractivity contribution in [1.82, 2.24) is 10.2 Å². The molecular weight excluding hydrogens is 432 g/mol. The summed E-state index contributed by atoms with van der Waals surface area (Å²) in [6, 6.07) is 15.3. The molecule has 7 heteroatoms. The maximum Gasteiger partial charge on any atom is 0.407 e. The van der Waals surface area contributed by atoms with Crippen LogP contribution in [-0.4, -0.2) is 53.2 Å². The maximum atomic E-state index is 13.3. The van der Waals surface area contributed by atoms with E-state index in [1.807, 2.05) is 38.1 Å². The van der Waals surface area contributed by atoms with Crippen LogP contribution in [0.15, 0.2) is 48.5 Å². The third-order valence-electron chi connectivity index (χ3n) is 7.96. The van der Waals surface area contributed by atoms with Crippen molar-refractivity contribution < 1.29 is 24.2 Å². The van der Waals surface area contributed by atoms with E-state index in [0.29, 0.717) is 13.0 Å². The number of carboxylic acid groups (broad SMARTS) is 1. The molecule has 2 aromatic rings. The SMILES string of the molecule is CC[C@H](C)[C@H](NC(=O)OCC1c2ccccc2-c2ccccc21)C(=O)N1CC2CC1C2C(=O)O. The van der Waals surface area contributed by atoms with E-state index >= 15 is 0 Å². The van der Waals surface area contributed by atoms with Gasteiger partial charge in [0.25, 0.3) is 0 Å². The zero-order chi connectivity index (χ0) is 24.0. The molecule has 2 bridgehead atoms. The summed E-state index contributed by atoms with van der Waals surface area (Å²) in [4.78, 5) is 39.3. The summed E-state index contributed by atoms with van der Waals surface area (Å²) < 4.78 is 5.66. The largest absolute Gasteiger partial charge is 0.481 e. The molecule has 178 valence electrons. The van der Waals surface area contributed by atoms with Gasteiger partial charge in [0.15, 0.2) is 0 Å². The molecule has 2 N–H and O–H groups in total. The Morgan fingerprint density at radius 1 is 1.09 bits per heavy atom. The van der Waals surface area contributed by atoms with Gasteiger partial charge in [-0.3, -0.25) is 9.59 Å². The molecule has 2 amide bonds. The van der Waals surface area contributed by atoms with Crippen molar-refractivity contribution in [2.75, 3.05) is 13.2 Å². The highest BCUT2D eigenvalue weighted by molar-refractivity contribution is 5.88. The minimum absolute atomic E-state index is 0.0125. The van der Waals surface area contributed by atoms with Crippen LogP contribution in [0.4, 0.5) is 4.79 Å². The highest BCUT2D eigenvalue weighted by Crippen LogP contribution is 2.47. The molecule has 5 atom stereocenters. The fourth-order valence-corrected chi connectivity index (χ4v) is 5.87. The third kappa shape index (κ3) is 3.63. The van der Waals surface area contributed by atoms with Gasteiger partial charge in [0.05, 0.1) is 5.92 Å². The summed E-state index contributed by atoms with van der Waals surface area (Å²) in [6.45, 7) is 4.51. The van der Waals surface area contributed by atoms with Gasteiger partial charge < -0.3 is 20.1 Å². The number of carbonyl (C=O) groups excluding carboxylic acids is 2. The normalized spacial score (nSPS) is 23.9. The highest BCUT2D eigenvalue weighted by Gasteiger charge is 2.58. The minimum atomic E-state index is -0.846. The first-order valence-corrected chi connectivity index (χ1v) is 12.1. The fourth-order valence-electron chi connectivity index (χ4n) is 5.87. The number of carboxylic acids is 1. The molecule has 2 aliphatic carbocycles. The van der Waals surface area contributed by atoms with Gasteiger partial charge in [0.2, 0.25) is 5.91 Å². The van der Waals surface area contributed by atoms with Crippen LogP contribution >= 0.6 is 0 Å². The molecule has 6 rings (SSSR count). The van der Waals surface area contributed by atoms with Crippen molar-refractivity contribution >= 4 is 18.0 Å². The molecule has 2 saturated heterocycles. The van der Waals surface area contributed by atoms with Gasteiger partial charge in [-0.2, -0.15) is 0 Å². The number of hydrogen-bond acceptors (Lipinski definition) is 4. The van der Waals surface area contributed by atoms with E-state index in [9.17, 15) is 19.5 Å². The van der Waals surface area contributed by atoms with Crippen molar-refractivity contribution in [3.8, 4) is 11.1 Å². The molecule has 2 aliphatic heterocycles. The number of hydrogen-bond donors (Lipinski definition) is 2. The van der Waals surface area contributed by atoms with E-state index in [1.54, 1.807) is 4.90 Å². The third-order valence-corrected chi connectivity index (χ3v) is 7.96. The average molecular weight is 463 g/mol. The highest BCUT2D eigenvalue weighted by atomic mass is 16.5. The predicted octanol–water partition coefficient (Wildman–Crippen LogP) is 3.87. The Kier molecular flexibility index (Phi) is 5.80. The first kappa shape index (κ1) is 22.4. The van der Waals surface area contributed by atoms with E-state index in [2.05, 4.69) is 29.6 Å². The molecule has 2 heterocycles. The van der Waals surface area contributed by atoms with Crippen LogP contribution in [0.5, 0.6) is 0 Å². The number of benzene rings is 2. The van der Waals surface area contributed by atoms with Crippen LogP contribution < -0.4 is 5.32 Å².